The minimum atomic E-state index is -0.144. The third-order valence-electron chi connectivity index (χ3n) is 2.63. The van der Waals surface area contributed by atoms with E-state index >= 15 is 0 Å². The maximum atomic E-state index is 11.8. The Morgan fingerprint density at radius 1 is 1.47 bits per heavy atom. The van der Waals surface area contributed by atoms with Crippen LogP contribution in [0, 0.1) is 5.41 Å². The van der Waals surface area contributed by atoms with Gasteiger partial charge < -0.3 is 11.1 Å². The van der Waals surface area contributed by atoms with Crippen molar-refractivity contribution in [1.82, 2.24) is 0 Å². The van der Waals surface area contributed by atoms with Crippen LogP contribution in [0.3, 0.4) is 0 Å². The van der Waals surface area contributed by atoms with Crippen LogP contribution in [0.5, 0.6) is 0 Å². The van der Waals surface area contributed by atoms with Gasteiger partial charge in [-0.25, -0.2) is 0 Å². The van der Waals surface area contributed by atoms with Crippen LogP contribution in [-0.4, -0.2) is 11.9 Å². The number of carbonyl (C=O) groups excluding carboxylic acids is 1. The predicted molar refractivity (Wildman–Crippen MR) is 74.8 cm³/mol. The van der Waals surface area contributed by atoms with Crippen molar-refractivity contribution in [3.63, 3.8) is 0 Å². The van der Waals surface area contributed by atoms with Gasteiger partial charge in [-0.15, -0.1) is 0 Å². The van der Waals surface area contributed by atoms with E-state index in [0.717, 1.165) is 10.2 Å². The van der Waals surface area contributed by atoms with Gasteiger partial charge in [-0.1, -0.05) is 42.8 Å². The van der Waals surface area contributed by atoms with Gasteiger partial charge >= 0.3 is 0 Å². The second-order valence-corrected chi connectivity index (χ2v) is 6.15. The van der Waals surface area contributed by atoms with E-state index in [4.69, 9.17) is 5.73 Å². The number of anilines is 1. The van der Waals surface area contributed by atoms with Crippen LogP contribution in [0.1, 0.15) is 27.2 Å². The van der Waals surface area contributed by atoms with Gasteiger partial charge in [-0.05, 0) is 23.6 Å². The molecule has 1 atom stereocenters. The molecule has 0 aliphatic heterocycles. The van der Waals surface area contributed by atoms with Gasteiger partial charge in [0.05, 0.1) is 0 Å². The van der Waals surface area contributed by atoms with Gasteiger partial charge in [0.15, 0.2) is 0 Å². The van der Waals surface area contributed by atoms with E-state index in [-0.39, 0.29) is 17.4 Å². The first-order valence-corrected chi connectivity index (χ1v) is 6.39. The molecule has 0 fully saturated rings. The van der Waals surface area contributed by atoms with Crippen LogP contribution < -0.4 is 11.1 Å². The molecule has 1 aromatic rings. The fourth-order valence-electron chi connectivity index (χ4n) is 1.28. The molecule has 0 aliphatic carbocycles. The van der Waals surface area contributed by atoms with Crippen molar-refractivity contribution in [3.8, 4) is 0 Å². The van der Waals surface area contributed by atoms with Gasteiger partial charge in [-0.2, -0.15) is 0 Å². The summed E-state index contributed by atoms with van der Waals surface area (Å²) in [5, 5.41) is 2.84. The Morgan fingerprint density at radius 2 is 2.12 bits per heavy atom. The summed E-state index contributed by atoms with van der Waals surface area (Å²) in [5.74, 6) is -0.0504. The summed E-state index contributed by atoms with van der Waals surface area (Å²) < 4.78 is 0.940. The lowest BCUT2D eigenvalue weighted by Gasteiger charge is -2.26. The van der Waals surface area contributed by atoms with Crippen LogP contribution in [-0.2, 0) is 4.79 Å². The molecule has 17 heavy (non-hydrogen) atoms. The predicted octanol–water partition coefficient (Wildman–Crippen LogP) is 3.15. The lowest BCUT2D eigenvalue weighted by Crippen LogP contribution is -2.38. The molecule has 94 valence electrons. The quantitative estimate of drug-likeness (QED) is 0.901. The monoisotopic (exact) mass is 298 g/mol. The number of halogens is 1. The summed E-state index contributed by atoms with van der Waals surface area (Å²) in [4.78, 5) is 11.8. The Kier molecular flexibility index (Phi) is 4.71. The number of nitrogens with one attached hydrogen (secondary N) is 1. The van der Waals surface area contributed by atoms with E-state index in [1.807, 2.05) is 45.0 Å². The lowest BCUT2D eigenvalue weighted by molar-refractivity contribution is -0.117. The van der Waals surface area contributed by atoms with E-state index in [0.29, 0.717) is 6.42 Å². The fourth-order valence-corrected chi connectivity index (χ4v) is 1.68. The third kappa shape index (κ3) is 4.88. The van der Waals surface area contributed by atoms with Gasteiger partial charge in [0.1, 0.15) is 0 Å². The second kappa shape index (κ2) is 5.65. The molecule has 3 N–H and O–H groups in total. The zero-order valence-corrected chi connectivity index (χ0v) is 12.0. The van der Waals surface area contributed by atoms with Crippen molar-refractivity contribution in [2.45, 2.75) is 33.2 Å². The van der Waals surface area contributed by atoms with Gasteiger partial charge in [0.25, 0.3) is 0 Å². The molecule has 0 saturated carbocycles. The Bertz CT molecular complexity index is 399. The maximum absolute atomic E-state index is 11.8. The Morgan fingerprint density at radius 3 is 2.65 bits per heavy atom. The number of carbonyl (C=O) groups is 1. The van der Waals surface area contributed by atoms with E-state index in [1.165, 1.54) is 0 Å². The number of hydrogen-bond donors (Lipinski definition) is 2. The van der Waals surface area contributed by atoms with Gasteiger partial charge in [0.2, 0.25) is 5.91 Å². The molecule has 1 aromatic carbocycles. The molecule has 1 rings (SSSR count). The minimum absolute atomic E-state index is 0.0504. The first-order chi connectivity index (χ1) is 7.79. The highest BCUT2D eigenvalue weighted by atomic mass is 79.9. The highest BCUT2D eigenvalue weighted by molar-refractivity contribution is 9.10. The molecule has 3 nitrogen and oxygen atoms in total. The zero-order chi connectivity index (χ0) is 13.1. The Labute approximate surface area is 111 Å². The van der Waals surface area contributed by atoms with E-state index in [2.05, 4.69) is 21.2 Å². The lowest BCUT2D eigenvalue weighted by atomic mass is 9.85. The van der Waals surface area contributed by atoms with Crippen molar-refractivity contribution in [2.24, 2.45) is 11.1 Å². The number of amides is 1. The number of nitrogens with two attached hydrogens (primary N) is 1. The maximum Gasteiger partial charge on any atom is 0.225 e. The molecule has 0 aliphatic rings. The summed E-state index contributed by atoms with van der Waals surface area (Å²) in [6.45, 7) is 6.10. The fraction of sp³-hybridized carbons (Fsp3) is 0.462. The smallest absolute Gasteiger partial charge is 0.225 e. The summed E-state index contributed by atoms with van der Waals surface area (Å²) in [5.41, 5.74) is 6.69. The molecule has 1 unspecified atom stereocenters. The average molecular weight is 299 g/mol. The molecule has 0 bridgehead atoms. The largest absolute Gasteiger partial charge is 0.327 e. The van der Waals surface area contributed by atoms with Crippen LogP contribution in [0.15, 0.2) is 28.7 Å². The molecule has 0 saturated heterocycles. The zero-order valence-electron chi connectivity index (χ0n) is 10.5. The van der Waals surface area contributed by atoms with Crippen LogP contribution in [0.4, 0.5) is 5.69 Å². The topological polar surface area (TPSA) is 55.1 Å². The molecule has 0 heterocycles. The van der Waals surface area contributed by atoms with Crippen molar-refractivity contribution in [1.29, 1.82) is 0 Å². The number of benzene rings is 1. The second-order valence-electron chi connectivity index (χ2n) is 5.24. The van der Waals surface area contributed by atoms with Crippen molar-refractivity contribution in [2.75, 3.05) is 5.32 Å². The number of rotatable bonds is 3. The summed E-state index contributed by atoms with van der Waals surface area (Å²) in [7, 11) is 0. The normalized spacial score (nSPS) is 13.2. The van der Waals surface area contributed by atoms with Crippen molar-refractivity contribution in [3.05, 3.63) is 28.7 Å². The number of hydrogen-bond acceptors (Lipinski definition) is 2. The molecular formula is C13H19BrN2O. The van der Waals surface area contributed by atoms with Crippen LogP contribution in [0.25, 0.3) is 0 Å². The molecule has 4 heteroatoms. The van der Waals surface area contributed by atoms with E-state index in [1.54, 1.807) is 0 Å². The van der Waals surface area contributed by atoms with Gasteiger partial charge in [0, 0.05) is 22.6 Å². The Hall–Kier alpha value is -0.870. The third-order valence-corrected chi connectivity index (χ3v) is 3.12. The molecule has 0 spiro atoms. The highest BCUT2D eigenvalue weighted by Gasteiger charge is 2.23. The summed E-state index contributed by atoms with van der Waals surface area (Å²) in [6.07, 6.45) is 0.329. The first-order valence-electron chi connectivity index (χ1n) is 5.60. The highest BCUT2D eigenvalue weighted by Crippen LogP contribution is 2.21. The minimum Gasteiger partial charge on any atom is -0.327 e. The molecule has 0 radical (unpaired) electrons. The standard InChI is InChI=1S/C13H19BrN2O/c1-13(2,3)11(15)8-12(17)16-10-6-4-5-9(14)7-10/h4-7,11H,8,15H2,1-3H3,(H,16,17). The molecular weight excluding hydrogens is 280 g/mol. The summed E-state index contributed by atoms with van der Waals surface area (Å²) >= 11 is 3.36. The first kappa shape index (κ1) is 14.2. The van der Waals surface area contributed by atoms with Crippen molar-refractivity contribution < 1.29 is 4.79 Å². The van der Waals surface area contributed by atoms with Crippen LogP contribution in [0.2, 0.25) is 0 Å². The van der Waals surface area contributed by atoms with Crippen molar-refractivity contribution >= 4 is 27.5 Å². The summed E-state index contributed by atoms with van der Waals surface area (Å²) in [6, 6.07) is 7.36. The molecule has 1 amide bonds. The van der Waals surface area contributed by atoms with Crippen LogP contribution >= 0.6 is 15.9 Å². The van der Waals surface area contributed by atoms with E-state index < -0.39 is 0 Å². The SMILES string of the molecule is CC(C)(C)C(N)CC(=O)Nc1cccc(Br)c1. The van der Waals surface area contributed by atoms with E-state index in [9.17, 15) is 4.79 Å². The Balaban J connectivity index is 2.56. The molecule has 0 aromatic heterocycles. The average Bonchev–Trinajstić information content (AvgIpc) is 2.15. The van der Waals surface area contributed by atoms with Gasteiger partial charge in [-0.3, -0.25) is 4.79 Å².